The zero-order chi connectivity index (χ0) is 14.1. The molecule has 1 fully saturated rings. The average molecular weight is 289 g/mol. The van der Waals surface area contributed by atoms with Crippen LogP contribution in [0.15, 0.2) is 0 Å². The lowest BCUT2D eigenvalue weighted by Gasteiger charge is -2.37. The van der Waals surface area contributed by atoms with Gasteiger partial charge in [-0.15, -0.1) is 0 Å². The summed E-state index contributed by atoms with van der Waals surface area (Å²) in [7, 11) is 1.72. The maximum Gasteiger partial charge on any atom is 0.0899 e. The normalized spacial score (nSPS) is 19.5. The summed E-state index contributed by atoms with van der Waals surface area (Å²) in [6.45, 7) is 9.63. The molecule has 1 heterocycles. The number of nitrogens with zero attached hydrogens (tertiary/aromatic N) is 2. The highest BCUT2D eigenvalue weighted by atomic mass is 32.1. The molecule has 6 heteroatoms. The number of hydrogen-bond donors (Lipinski definition) is 1. The first kappa shape index (κ1) is 16.8. The molecule has 112 valence electrons. The van der Waals surface area contributed by atoms with Crippen molar-refractivity contribution in [1.29, 1.82) is 0 Å². The Balaban J connectivity index is 2.05. The number of ether oxygens (including phenoxy) is 2. The fourth-order valence-corrected chi connectivity index (χ4v) is 2.30. The van der Waals surface area contributed by atoms with Crippen LogP contribution in [0.4, 0.5) is 0 Å². The Kier molecular flexibility index (Phi) is 8.48. The molecule has 0 bridgehead atoms. The molecule has 0 amide bonds. The van der Waals surface area contributed by atoms with Crippen molar-refractivity contribution in [2.75, 3.05) is 59.7 Å². The molecule has 1 aliphatic rings. The molecule has 1 unspecified atom stereocenters. The monoisotopic (exact) mass is 289 g/mol. The lowest BCUT2D eigenvalue weighted by Crippen LogP contribution is -2.53. The van der Waals surface area contributed by atoms with Crippen LogP contribution in [-0.4, -0.2) is 80.5 Å². The van der Waals surface area contributed by atoms with Crippen LogP contribution in [-0.2, 0) is 9.47 Å². The minimum atomic E-state index is 0.211. The van der Waals surface area contributed by atoms with E-state index in [0.717, 1.165) is 59.0 Å². The maximum absolute atomic E-state index is 5.69. The zero-order valence-corrected chi connectivity index (χ0v) is 13.0. The van der Waals surface area contributed by atoms with Crippen LogP contribution >= 0.6 is 12.2 Å². The fourth-order valence-electron chi connectivity index (χ4n) is 2.16. The topological polar surface area (TPSA) is 51.0 Å². The summed E-state index contributed by atoms with van der Waals surface area (Å²) in [6.07, 6.45) is 0.968. The van der Waals surface area contributed by atoms with E-state index in [9.17, 15) is 0 Å². The van der Waals surface area contributed by atoms with Gasteiger partial charge in [0.25, 0.3) is 0 Å². The van der Waals surface area contributed by atoms with E-state index in [1.165, 1.54) is 0 Å². The van der Waals surface area contributed by atoms with Crippen LogP contribution in [0.3, 0.4) is 0 Å². The van der Waals surface area contributed by atoms with E-state index in [4.69, 9.17) is 27.4 Å². The minimum absolute atomic E-state index is 0.211. The van der Waals surface area contributed by atoms with Crippen LogP contribution in [0.5, 0.6) is 0 Å². The molecular weight excluding hydrogens is 262 g/mol. The van der Waals surface area contributed by atoms with E-state index in [1.54, 1.807) is 7.11 Å². The summed E-state index contributed by atoms with van der Waals surface area (Å²) >= 11 is 5.04. The zero-order valence-electron chi connectivity index (χ0n) is 12.1. The van der Waals surface area contributed by atoms with Gasteiger partial charge in [-0.2, -0.15) is 0 Å². The van der Waals surface area contributed by atoms with E-state index in [0.29, 0.717) is 4.99 Å². The third-order valence-corrected chi connectivity index (χ3v) is 3.90. The SMILES string of the molecule is COCCCOCCN1CCN(C(C)C(N)=S)CC1. The van der Waals surface area contributed by atoms with E-state index in [-0.39, 0.29) is 6.04 Å². The first-order valence-corrected chi connectivity index (χ1v) is 7.38. The lowest BCUT2D eigenvalue weighted by molar-refractivity contribution is 0.0627. The third-order valence-electron chi connectivity index (χ3n) is 3.56. The molecule has 0 aromatic carbocycles. The highest BCUT2D eigenvalue weighted by Crippen LogP contribution is 2.06. The average Bonchev–Trinajstić information content (AvgIpc) is 2.42. The molecule has 1 saturated heterocycles. The van der Waals surface area contributed by atoms with Crippen molar-refractivity contribution in [3.05, 3.63) is 0 Å². The van der Waals surface area contributed by atoms with Gasteiger partial charge in [-0.05, 0) is 13.3 Å². The van der Waals surface area contributed by atoms with Gasteiger partial charge in [0.1, 0.15) is 0 Å². The molecule has 0 aromatic rings. The Labute approximate surface area is 122 Å². The number of piperazine rings is 1. The van der Waals surface area contributed by atoms with Gasteiger partial charge in [0.05, 0.1) is 17.6 Å². The molecule has 19 heavy (non-hydrogen) atoms. The summed E-state index contributed by atoms with van der Waals surface area (Å²) in [6, 6.07) is 0.211. The maximum atomic E-state index is 5.69. The van der Waals surface area contributed by atoms with Crippen LogP contribution in [0.2, 0.25) is 0 Å². The lowest BCUT2D eigenvalue weighted by atomic mass is 10.2. The Morgan fingerprint density at radius 1 is 1.21 bits per heavy atom. The molecule has 2 N–H and O–H groups in total. The molecule has 0 saturated carbocycles. The number of hydrogen-bond acceptors (Lipinski definition) is 5. The number of methoxy groups -OCH3 is 1. The van der Waals surface area contributed by atoms with Crippen molar-refractivity contribution in [3.8, 4) is 0 Å². The van der Waals surface area contributed by atoms with E-state index in [1.807, 2.05) is 0 Å². The summed E-state index contributed by atoms with van der Waals surface area (Å²) in [4.78, 5) is 5.37. The smallest absolute Gasteiger partial charge is 0.0899 e. The second-order valence-electron chi connectivity index (χ2n) is 4.91. The molecule has 5 nitrogen and oxygen atoms in total. The molecule has 0 aliphatic carbocycles. The van der Waals surface area contributed by atoms with Gasteiger partial charge in [0.2, 0.25) is 0 Å². The first-order valence-electron chi connectivity index (χ1n) is 6.97. The van der Waals surface area contributed by atoms with Crippen LogP contribution in [0.1, 0.15) is 13.3 Å². The predicted octanol–water partition coefficient (Wildman–Crippen LogP) is 0.332. The van der Waals surface area contributed by atoms with Gasteiger partial charge in [-0.1, -0.05) is 12.2 Å². The van der Waals surface area contributed by atoms with E-state index in [2.05, 4.69) is 16.7 Å². The summed E-state index contributed by atoms with van der Waals surface area (Å²) < 4.78 is 10.6. The molecule has 0 aromatic heterocycles. The van der Waals surface area contributed by atoms with Gasteiger partial charge in [-0.3, -0.25) is 9.80 Å². The molecule has 1 aliphatic heterocycles. The predicted molar refractivity (Wildman–Crippen MR) is 81.6 cm³/mol. The van der Waals surface area contributed by atoms with Crippen LogP contribution < -0.4 is 5.73 Å². The van der Waals surface area contributed by atoms with Crippen LogP contribution in [0.25, 0.3) is 0 Å². The Morgan fingerprint density at radius 2 is 1.89 bits per heavy atom. The number of nitrogens with two attached hydrogens (primary N) is 1. The number of rotatable bonds is 9. The fraction of sp³-hybridized carbons (Fsp3) is 0.923. The van der Waals surface area contributed by atoms with Crippen molar-refractivity contribution in [2.45, 2.75) is 19.4 Å². The third kappa shape index (κ3) is 6.63. The van der Waals surface area contributed by atoms with Gasteiger partial charge >= 0.3 is 0 Å². The second kappa shape index (κ2) is 9.61. The van der Waals surface area contributed by atoms with Gasteiger partial charge in [0, 0.05) is 53.0 Å². The summed E-state index contributed by atoms with van der Waals surface area (Å²) in [5.41, 5.74) is 5.69. The largest absolute Gasteiger partial charge is 0.392 e. The molecule has 0 spiro atoms. The Bertz CT molecular complexity index is 258. The molecule has 1 rings (SSSR count). The molecular formula is C13H27N3O2S. The van der Waals surface area contributed by atoms with Crippen LogP contribution in [0, 0.1) is 0 Å². The van der Waals surface area contributed by atoms with Gasteiger partial charge in [0.15, 0.2) is 0 Å². The summed E-state index contributed by atoms with van der Waals surface area (Å²) in [5, 5.41) is 0. The summed E-state index contributed by atoms with van der Waals surface area (Å²) in [5.74, 6) is 0. The highest BCUT2D eigenvalue weighted by Gasteiger charge is 2.21. The minimum Gasteiger partial charge on any atom is -0.392 e. The molecule has 1 atom stereocenters. The van der Waals surface area contributed by atoms with Crippen molar-refractivity contribution < 1.29 is 9.47 Å². The second-order valence-corrected chi connectivity index (χ2v) is 5.39. The van der Waals surface area contributed by atoms with E-state index < -0.39 is 0 Å². The van der Waals surface area contributed by atoms with Gasteiger partial charge < -0.3 is 15.2 Å². The van der Waals surface area contributed by atoms with Gasteiger partial charge in [-0.25, -0.2) is 0 Å². The van der Waals surface area contributed by atoms with E-state index >= 15 is 0 Å². The quantitative estimate of drug-likeness (QED) is 0.488. The highest BCUT2D eigenvalue weighted by molar-refractivity contribution is 7.80. The standard InChI is InChI=1S/C13H27N3O2S/c1-12(13(14)19)16-6-4-15(5-7-16)8-11-18-10-3-9-17-2/h12H,3-11H2,1-2H3,(H2,14,19). The van der Waals surface area contributed by atoms with Crippen molar-refractivity contribution in [1.82, 2.24) is 9.80 Å². The van der Waals surface area contributed by atoms with Crippen molar-refractivity contribution >= 4 is 17.2 Å². The number of thiocarbonyl (C=S) groups is 1. The first-order chi connectivity index (χ1) is 9.15. The Hall–Kier alpha value is -0.270. The van der Waals surface area contributed by atoms with Crippen molar-refractivity contribution in [3.63, 3.8) is 0 Å². The van der Waals surface area contributed by atoms with Crippen molar-refractivity contribution in [2.24, 2.45) is 5.73 Å². The molecule has 0 radical (unpaired) electrons. The Morgan fingerprint density at radius 3 is 2.47 bits per heavy atom.